The van der Waals surface area contributed by atoms with Gasteiger partial charge in [0.2, 0.25) is 5.79 Å². The monoisotopic (exact) mass is 211 g/mol. The molecule has 0 aromatic heterocycles. The quantitative estimate of drug-likeness (QED) is 0.801. The molecule has 1 aromatic rings. The van der Waals surface area contributed by atoms with Crippen molar-refractivity contribution in [2.24, 2.45) is 5.73 Å². The van der Waals surface area contributed by atoms with Crippen LogP contribution in [-0.4, -0.2) is 19.8 Å². The summed E-state index contributed by atoms with van der Waals surface area (Å²) in [4.78, 5) is 0. The van der Waals surface area contributed by atoms with Crippen LogP contribution >= 0.6 is 0 Å². The zero-order valence-electron chi connectivity index (χ0n) is 8.63. The molecule has 1 fully saturated rings. The molecule has 0 bridgehead atoms. The van der Waals surface area contributed by atoms with Crippen LogP contribution < -0.4 is 5.73 Å². The van der Waals surface area contributed by atoms with Crippen LogP contribution in [-0.2, 0) is 15.3 Å². The van der Waals surface area contributed by atoms with Crippen LogP contribution in [0.2, 0.25) is 0 Å². The highest BCUT2D eigenvalue weighted by molar-refractivity contribution is 5.28. The normalized spacial score (nSPS) is 19.4. The lowest BCUT2D eigenvalue weighted by molar-refractivity contribution is -0.157. The van der Waals surface area contributed by atoms with Crippen LogP contribution in [0.4, 0.5) is 4.39 Å². The lowest BCUT2D eigenvalue weighted by atomic mass is 10.0. The Balaban J connectivity index is 2.38. The molecule has 1 heterocycles. The predicted molar refractivity (Wildman–Crippen MR) is 53.8 cm³/mol. The summed E-state index contributed by atoms with van der Waals surface area (Å²) >= 11 is 0. The summed E-state index contributed by atoms with van der Waals surface area (Å²) in [5, 5.41) is 0. The van der Waals surface area contributed by atoms with E-state index in [2.05, 4.69) is 0 Å². The maximum atomic E-state index is 13.1. The molecule has 2 rings (SSSR count). The molecule has 0 spiro atoms. The largest absolute Gasteiger partial charge is 0.342 e. The minimum Gasteiger partial charge on any atom is -0.342 e. The van der Waals surface area contributed by atoms with E-state index in [9.17, 15) is 4.39 Å². The summed E-state index contributed by atoms with van der Waals surface area (Å²) in [6, 6.07) is 4.78. The van der Waals surface area contributed by atoms with Crippen molar-refractivity contribution in [1.82, 2.24) is 0 Å². The summed E-state index contributed by atoms with van der Waals surface area (Å²) < 4.78 is 24.1. The molecule has 0 atom stereocenters. The number of hydrogen-bond acceptors (Lipinski definition) is 3. The Bertz CT molecular complexity index is 362. The summed E-state index contributed by atoms with van der Waals surface area (Å²) in [7, 11) is 0. The minimum atomic E-state index is -0.877. The fourth-order valence-electron chi connectivity index (χ4n) is 1.74. The Labute approximate surface area is 88.0 Å². The van der Waals surface area contributed by atoms with Gasteiger partial charge in [0.15, 0.2) is 0 Å². The third-order valence-corrected chi connectivity index (χ3v) is 2.62. The lowest BCUT2D eigenvalue weighted by Gasteiger charge is -2.26. The van der Waals surface area contributed by atoms with Crippen molar-refractivity contribution in [2.45, 2.75) is 12.7 Å². The molecular formula is C11H14FNO2. The van der Waals surface area contributed by atoms with Crippen molar-refractivity contribution in [1.29, 1.82) is 0 Å². The molecule has 0 radical (unpaired) electrons. The fraction of sp³-hybridized carbons (Fsp3) is 0.455. The first kappa shape index (κ1) is 10.5. The second-order valence-corrected chi connectivity index (χ2v) is 3.62. The third kappa shape index (κ3) is 1.76. The fourth-order valence-corrected chi connectivity index (χ4v) is 1.74. The zero-order chi connectivity index (χ0) is 10.9. The number of halogens is 1. The van der Waals surface area contributed by atoms with E-state index in [1.807, 2.05) is 0 Å². The van der Waals surface area contributed by atoms with Gasteiger partial charge in [0, 0.05) is 5.56 Å². The van der Waals surface area contributed by atoms with Crippen molar-refractivity contribution >= 4 is 0 Å². The SMILES string of the molecule is Cc1cc(C2(CN)OCCO2)ccc1F. The zero-order valence-corrected chi connectivity index (χ0v) is 8.63. The van der Waals surface area contributed by atoms with Gasteiger partial charge < -0.3 is 15.2 Å². The minimum absolute atomic E-state index is 0.232. The van der Waals surface area contributed by atoms with Crippen molar-refractivity contribution < 1.29 is 13.9 Å². The van der Waals surface area contributed by atoms with Gasteiger partial charge in [0.05, 0.1) is 19.8 Å². The Hall–Kier alpha value is -0.970. The van der Waals surface area contributed by atoms with E-state index in [1.54, 1.807) is 19.1 Å². The molecule has 15 heavy (non-hydrogen) atoms. The molecule has 1 saturated heterocycles. The van der Waals surface area contributed by atoms with Gasteiger partial charge in [-0.25, -0.2) is 4.39 Å². The van der Waals surface area contributed by atoms with E-state index in [0.29, 0.717) is 18.8 Å². The number of benzene rings is 1. The van der Waals surface area contributed by atoms with E-state index in [4.69, 9.17) is 15.2 Å². The molecule has 0 aliphatic carbocycles. The Morgan fingerprint density at radius 2 is 2.07 bits per heavy atom. The number of nitrogens with two attached hydrogens (primary N) is 1. The third-order valence-electron chi connectivity index (χ3n) is 2.62. The molecule has 0 amide bonds. The van der Waals surface area contributed by atoms with Crippen LogP contribution in [0, 0.1) is 12.7 Å². The maximum absolute atomic E-state index is 13.1. The molecule has 82 valence electrons. The first-order valence-corrected chi connectivity index (χ1v) is 4.92. The Morgan fingerprint density at radius 1 is 1.40 bits per heavy atom. The van der Waals surface area contributed by atoms with Gasteiger partial charge in [-0.1, -0.05) is 6.07 Å². The first-order valence-electron chi connectivity index (χ1n) is 4.92. The van der Waals surface area contributed by atoms with E-state index in [1.165, 1.54) is 6.07 Å². The average molecular weight is 211 g/mol. The maximum Gasteiger partial charge on any atom is 0.207 e. The van der Waals surface area contributed by atoms with Gasteiger partial charge in [0.25, 0.3) is 0 Å². The van der Waals surface area contributed by atoms with Crippen LogP contribution in [0.1, 0.15) is 11.1 Å². The Kier molecular flexibility index (Phi) is 2.73. The molecule has 1 aromatic carbocycles. The van der Waals surface area contributed by atoms with Crippen molar-refractivity contribution in [2.75, 3.05) is 19.8 Å². The summed E-state index contributed by atoms with van der Waals surface area (Å²) in [5.41, 5.74) is 6.99. The van der Waals surface area contributed by atoms with E-state index >= 15 is 0 Å². The van der Waals surface area contributed by atoms with Crippen LogP contribution in [0.25, 0.3) is 0 Å². The summed E-state index contributed by atoms with van der Waals surface area (Å²) in [6.07, 6.45) is 0. The first-order chi connectivity index (χ1) is 7.18. The van der Waals surface area contributed by atoms with Gasteiger partial charge in [-0.3, -0.25) is 0 Å². The van der Waals surface area contributed by atoms with Gasteiger partial charge in [-0.15, -0.1) is 0 Å². The van der Waals surface area contributed by atoms with Crippen molar-refractivity contribution in [3.05, 3.63) is 35.1 Å². The summed E-state index contributed by atoms with van der Waals surface area (Å²) in [6.45, 7) is 2.98. The molecule has 1 aliphatic rings. The highest BCUT2D eigenvalue weighted by Crippen LogP contribution is 2.31. The molecule has 1 aliphatic heterocycles. The number of aryl methyl sites for hydroxylation is 1. The van der Waals surface area contributed by atoms with Crippen molar-refractivity contribution in [3.63, 3.8) is 0 Å². The van der Waals surface area contributed by atoms with Crippen LogP contribution in [0.15, 0.2) is 18.2 Å². The molecular weight excluding hydrogens is 197 g/mol. The highest BCUT2D eigenvalue weighted by Gasteiger charge is 2.37. The van der Waals surface area contributed by atoms with E-state index in [-0.39, 0.29) is 12.4 Å². The Morgan fingerprint density at radius 3 is 2.60 bits per heavy atom. The average Bonchev–Trinajstić information content (AvgIpc) is 2.72. The molecule has 0 unspecified atom stereocenters. The van der Waals surface area contributed by atoms with E-state index in [0.717, 1.165) is 5.56 Å². The molecule has 0 saturated carbocycles. The predicted octanol–water partition coefficient (Wildman–Crippen LogP) is 1.29. The van der Waals surface area contributed by atoms with E-state index < -0.39 is 5.79 Å². The van der Waals surface area contributed by atoms with Gasteiger partial charge >= 0.3 is 0 Å². The van der Waals surface area contributed by atoms with Gasteiger partial charge in [0.1, 0.15) is 5.82 Å². The topological polar surface area (TPSA) is 44.5 Å². The smallest absolute Gasteiger partial charge is 0.207 e. The second-order valence-electron chi connectivity index (χ2n) is 3.62. The molecule has 2 N–H and O–H groups in total. The van der Waals surface area contributed by atoms with Crippen molar-refractivity contribution in [3.8, 4) is 0 Å². The standard InChI is InChI=1S/C11H14FNO2/c1-8-6-9(2-3-10(8)12)11(7-13)14-4-5-15-11/h2-3,6H,4-5,7,13H2,1H3. The lowest BCUT2D eigenvalue weighted by Crippen LogP contribution is -2.36. The second kappa shape index (κ2) is 3.89. The summed E-state index contributed by atoms with van der Waals surface area (Å²) in [5.74, 6) is -1.11. The molecule has 3 nitrogen and oxygen atoms in total. The van der Waals surface area contributed by atoms with Crippen LogP contribution in [0.3, 0.4) is 0 Å². The van der Waals surface area contributed by atoms with Gasteiger partial charge in [-0.05, 0) is 24.6 Å². The number of hydrogen-bond donors (Lipinski definition) is 1. The molecule has 4 heteroatoms. The van der Waals surface area contributed by atoms with Gasteiger partial charge in [-0.2, -0.15) is 0 Å². The number of ether oxygens (including phenoxy) is 2. The highest BCUT2D eigenvalue weighted by atomic mass is 19.1. The van der Waals surface area contributed by atoms with Crippen LogP contribution in [0.5, 0.6) is 0 Å². The number of rotatable bonds is 2.